The topological polar surface area (TPSA) is 59.6 Å². The normalized spacial score (nSPS) is 13.7. The Morgan fingerprint density at radius 3 is 2.25 bits per heavy atom. The summed E-state index contributed by atoms with van der Waals surface area (Å²) in [5.74, 6) is 0.356. The number of carbonyl (C=O) groups excluding carboxylic acids is 1. The van der Waals surface area contributed by atoms with Crippen molar-refractivity contribution in [1.29, 1.82) is 0 Å². The largest absolute Gasteiger partial charge is 0.443 e. The third kappa shape index (κ3) is 7.48. The van der Waals surface area contributed by atoms with E-state index in [0.29, 0.717) is 12.5 Å². The van der Waals surface area contributed by atoms with Gasteiger partial charge in [-0.2, -0.15) is 0 Å². The van der Waals surface area contributed by atoms with Crippen molar-refractivity contribution < 1.29 is 14.3 Å². The molecule has 2 N–H and O–H groups in total. The Morgan fingerprint density at radius 1 is 1.31 bits per heavy atom. The molecule has 0 aromatic carbocycles. The summed E-state index contributed by atoms with van der Waals surface area (Å²) in [7, 11) is 1.63. The van der Waals surface area contributed by atoms with Crippen LogP contribution < -0.4 is 10.9 Å². The van der Waals surface area contributed by atoms with Crippen molar-refractivity contribution in [2.75, 3.05) is 13.7 Å². The molecule has 0 aromatic rings. The Hall–Kier alpha value is -0.810. The zero-order valence-electron chi connectivity index (χ0n) is 11.1. The van der Waals surface area contributed by atoms with Crippen LogP contribution in [0.25, 0.3) is 0 Å². The summed E-state index contributed by atoms with van der Waals surface area (Å²) in [6.07, 6.45) is -0.478. The Morgan fingerprint density at radius 2 is 1.88 bits per heavy atom. The summed E-state index contributed by atoms with van der Waals surface area (Å²) in [5.41, 5.74) is 4.92. The monoisotopic (exact) mass is 232 g/mol. The van der Waals surface area contributed by atoms with Crippen LogP contribution >= 0.6 is 0 Å². The van der Waals surface area contributed by atoms with Crippen molar-refractivity contribution >= 4 is 6.09 Å². The fraction of sp³-hybridized carbons (Fsp3) is 0.909. The van der Waals surface area contributed by atoms with E-state index in [0.717, 1.165) is 0 Å². The van der Waals surface area contributed by atoms with Crippen LogP contribution in [0.5, 0.6) is 0 Å². The van der Waals surface area contributed by atoms with Gasteiger partial charge in [-0.25, -0.2) is 10.2 Å². The lowest BCUT2D eigenvalue weighted by Crippen LogP contribution is -2.50. The van der Waals surface area contributed by atoms with Crippen molar-refractivity contribution in [2.24, 2.45) is 5.92 Å². The Labute approximate surface area is 97.8 Å². The number of nitrogens with one attached hydrogen (secondary N) is 2. The summed E-state index contributed by atoms with van der Waals surface area (Å²) < 4.78 is 10.1. The van der Waals surface area contributed by atoms with E-state index in [9.17, 15) is 4.79 Å². The van der Waals surface area contributed by atoms with Crippen LogP contribution in [0, 0.1) is 5.92 Å². The predicted octanol–water partition coefficient (Wildman–Crippen LogP) is 1.69. The molecule has 0 aliphatic heterocycles. The highest BCUT2D eigenvalue weighted by Crippen LogP contribution is 2.06. The molecule has 0 aliphatic carbocycles. The summed E-state index contributed by atoms with van der Waals surface area (Å²) in [5, 5.41) is 0. The molecule has 1 atom stereocenters. The molecule has 0 rings (SSSR count). The van der Waals surface area contributed by atoms with Gasteiger partial charge in [0.15, 0.2) is 0 Å². The highest BCUT2D eigenvalue weighted by Gasteiger charge is 2.18. The lowest BCUT2D eigenvalue weighted by atomic mass is 10.1. The summed E-state index contributed by atoms with van der Waals surface area (Å²) in [6, 6.07) is 0.0671. The minimum atomic E-state index is -0.486. The second-order valence-corrected chi connectivity index (χ2v) is 5.08. The third-order valence-corrected chi connectivity index (χ3v) is 1.91. The van der Waals surface area contributed by atoms with Crippen LogP contribution in [0.1, 0.15) is 34.6 Å². The summed E-state index contributed by atoms with van der Waals surface area (Å²) >= 11 is 0. The molecule has 0 bridgehead atoms. The maximum Gasteiger partial charge on any atom is 0.422 e. The molecule has 96 valence electrons. The van der Waals surface area contributed by atoms with Gasteiger partial charge in [-0.1, -0.05) is 13.8 Å². The molecule has 0 saturated carbocycles. The molecule has 5 heteroatoms. The number of hydrazine groups is 1. The van der Waals surface area contributed by atoms with E-state index in [1.807, 2.05) is 34.6 Å². The minimum absolute atomic E-state index is 0.0671. The zero-order valence-corrected chi connectivity index (χ0v) is 11.1. The minimum Gasteiger partial charge on any atom is -0.443 e. The molecule has 16 heavy (non-hydrogen) atoms. The first kappa shape index (κ1) is 15.2. The maximum atomic E-state index is 11.4. The third-order valence-electron chi connectivity index (χ3n) is 1.91. The first-order valence-electron chi connectivity index (χ1n) is 5.49. The number of ether oxygens (including phenoxy) is 2. The van der Waals surface area contributed by atoms with E-state index in [1.54, 1.807) is 7.11 Å². The Bertz CT molecular complexity index is 212. The van der Waals surface area contributed by atoms with Gasteiger partial charge in [0.05, 0.1) is 12.6 Å². The number of amides is 1. The average Bonchev–Trinajstić information content (AvgIpc) is 2.08. The number of hydrogen-bond donors (Lipinski definition) is 2. The predicted molar refractivity (Wildman–Crippen MR) is 63.0 cm³/mol. The highest BCUT2D eigenvalue weighted by atomic mass is 16.6. The SMILES string of the molecule is COCC(NNC(=O)OC(C)(C)C)C(C)C. The van der Waals surface area contributed by atoms with Crippen molar-refractivity contribution in [3.8, 4) is 0 Å². The van der Waals surface area contributed by atoms with Gasteiger partial charge in [0.1, 0.15) is 5.60 Å². The summed E-state index contributed by atoms with van der Waals surface area (Å²) in [4.78, 5) is 11.4. The van der Waals surface area contributed by atoms with E-state index in [-0.39, 0.29) is 6.04 Å². The fourth-order valence-electron chi connectivity index (χ4n) is 1.04. The smallest absolute Gasteiger partial charge is 0.422 e. The lowest BCUT2D eigenvalue weighted by Gasteiger charge is -2.24. The van der Waals surface area contributed by atoms with Gasteiger partial charge in [-0.15, -0.1) is 0 Å². The van der Waals surface area contributed by atoms with E-state index < -0.39 is 11.7 Å². The molecule has 0 heterocycles. The lowest BCUT2D eigenvalue weighted by molar-refractivity contribution is 0.0459. The molecule has 0 spiro atoms. The van der Waals surface area contributed by atoms with Crippen LogP contribution in [0.2, 0.25) is 0 Å². The standard InChI is InChI=1S/C11H24N2O3/c1-8(2)9(7-15-6)12-13-10(14)16-11(3,4)5/h8-9,12H,7H2,1-6H3,(H,13,14). The van der Waals surface area contributed by atoms with Gasteiger partial charge in [0.2, 0.25) is 0 Å². The number of methoxy groups -OCH3 is 1. The molecule has 0 aliphatic rings. The van der Waals surface area contributed by atoms with Crippen LogP contribution in [0.15, 0.2) is 0 Å². The maximum absolute atomic E-state index is 11.4. The fourth-order valence-corrected chi connectivity index (χ4v) is 1.04. The van der Waals surface area contributed by atoms with Gasteiger partial charge in [-0.05, 0) is 26.7 Å². The van der Waals surface area contributed by atoms with Crippen LogP contribution in [-0.2, 0) is 9.47 Å². The van der Waals surface area contributed by atoms with Crippen LogP contribution in [-0.4, -0.2) is 31.5 Å². The van der Waals surface area contributed by atoms with Gasteiger partial charge in [0, 0.05) is 7.11 Å². The number of rotatable bonds is 5. The van der Waals surface area contributed by atoms with E-state index in [2.05, 4.69) is 10.9 Å². The van der Waals surface area contributed by atoms with Crippen molar-refractivity contribution in [1.82, 2.24) is 10.9 Å². The second kappa shape index (κ2) is 6.70. The first-order chi connectivity index (χ1) is 7.26. The van der Waals surface area contributed by atoms with Crippen molar-refractivity contribution in [2.45, 2.75) is 46.3 Å². The number of hydrogen-bond acceptors (Lipinski definition) is 4. The van der Waals surface area contributed by atoms with E-state index in [4.69, 9.17) is 9.47 Å². The first-order valence-corrected chi connectivity index (χ1v) is 5.49. The van der Waals surface area contributed by atoms with Crippen molar-refractivity contribution in [3.05, 3.63) is 0 Å². The van der Waals surface area contributed by atoms with E-state index in [1.165, 1.54) is 0 Å². The zero-order chi connectivity index (χ0) is 12.8. The molecule has 1 amide bonds. The summed E-state index contributed by atoms with van der Waals surface area (Å²) in [6.45, 7) is 10.1. The molecule has 0 aromatic heterocycles. The van der Waals surface area contributed by atoms with Crippen LogP contribution in [0.4, 0.5) is 4.79 Å². The molecular weight excluding hydrogens is 208 g/mol. The average molecular weight is 232 g/mol. The highest BCUT2D eigenvalue weighted by molar-refractivity contribution is 5.67. The number of carbonyl (C=O) groups is 1. The molecule has 1 unspecified atom stereocenters. The van der Waals surface area contributed by atoms with Gasteiger partial charge >= 0.3 is 6.09 Å². The van der Waals surface area contributed by atoms with E-state index >= 15 is 0 Å². The quantitative estimate of drug-likeness (QED) is 0.708. The van der Waals surface area contributed by atoms with Crippen LogP contribution in [0.3, 0.4) is 0 Å². The van der Waals surface area contributed by atoms with Crippen molar-refractivity contribution in [3.63, 3.8) is 0 Å². The molecule has 0 fully saturated rings. The molecule has 0 radical (unpaired) electrons. The molecular formula is C11H24N2O3. The molecule has 5 nitrogen and oxygen atoms in total. The van der Waals surface area contributed by atoms with Gasteiger partial charge in [-0.3, -0.25) is 5.43 Å². The Kier molecular flexibility index (Phi) is 6.36. The second-order valence-electron chi connectivity index (χ2n) is 5.08. The molecule has 0 saturated heterocycles. The van der Waals surface area contributed by atoms with Gasteiger partial charge in [0.25, 0.3) is 0 Å². The van der Waals surface area contributed by atoms with Gasteiger partial charge < -0.3 is 9.47 Å². The Balaban J connectivity index is 3.97.